The Morgan fingerprint density at radius 3 is 1.82 bits per heavy atom. The maximum absolute atomic E-state index is 5.49. The van der Waals surface area contributed by atoms with Crippen LogP contribution < -0.4 is 11.5 Å². The molecule has 4 N–H and O–H groups in total. The van der Waals surface area contributed by atoms with Crippen LogP contribution in [0.15, 0.2) is 0 Å². The van der Waals surface area contributed by atoms with Crippen molar-refractivity contribution in [2.75, 3.05) is 11.5 Å². The van der Waals surface area contributed by atoms with Crippen LogP contribution in [0.2, 0.25) is 0 Å². The van der Waals surface area contributed by atoms with Crippen molar-refractivity contribution in [3.63, 3.8) is 0 Å². The fourth-order valence-electron chi connectivity index (χ4n) is 0.692. The Morgan fingerprint density at radius 1 is 1.27 bits per heavy atom. The van der Waals surface area contributed by atoms with E-state index in [0.29, 0.717) is 11.5 Å². The summed E-state index contributed by atoms with van der Waals surface area (Å²) in [5.74, 6) is 0.535. The second-order valence-electron chi connectivity index (χ2n) is 2.01. The standard InChI is InChI=1S/C5H10N4.2ClH/c1-3-4(6)5(7)9(2)8-3;;/h6-7H2,1-2H3;2*1H. The van der Waals surface area contributed by atoms with Crippen LogP contribution in [-0.2, 0) is 7.05 Å². The van der Waals surface area contributed by atoms with Crippen LogP contribution in [0.3, 0.4) is 0 Å². The molecule has 0 aliphatic heterocycles. The van der Waals surface area contributed by atoms with Crippen molar-refractivity contribution >= 4 is 36.3 Å². The Hall–Kier alpha value is -0.610. The van der Waals surface area contributed by atoms with Crippen molar-refractivity contribution in [1.82, 2.24) is 9.78 Å². The van der Waals surface area contributed by atoms with E-state index in [9.17, 15) is 0 Å². The van der Waals surface area contributed by atoms with E-state index in [2.05, 4.69) is 5.10 Å². The van der Waals surface area contributed by atoms with Crippen LogP contribution in [-0.4, -0.2) is 9.78 Å². The molecule has 11 heavy (non-hydrogen) atoms. The molecule has 66 valence electrons. The molecule has 0 atom stereocenters. The first-order valence-corrected chi connectivity index (χ1v) is 2.67. The molecule has 1 heterocycles. The van der Waals surface area contributed by atoms with E-state index >= 15 is 0 Å². The van der Waals surface area contributed by atoms with Crippen LogP contribution in [0.5, 0.6) is 0 Å². The van der Waals surface area contributed by atoms with E-state index in [1.165, 1.54) is 0 Å². The highest BCUT2D eigenvalue weighted by molar-refractivity contribution is 5.85. The maximum Gasteiger partial charge on any atom is 0.145 e. The highest BCUT2D eigenvalue weighted by Crippen LogP contribution is 2.15. The van der Waals surface area contributed by atoms with Crippen molar-refractivity contribution in [2.45, 2.75) is 6.92 Å². The Bertz CT molecular complexity index is 210. The van der Waals surface area contributed by atoms with Crippen molar-refractivity contribution in [1.29, 1.82) is 0 Å². The Kier molecular flexibility index (Phi) is 5.09. The molecule has 0 saturated heterocycles. The van der Waals surface area contributed by atoms with Crippen LogP contribution >= 0.6 is 24.8 Å². The zero-order valence-corrected chi connectivity index (χ0v) is 8.00. The van der Waals surface area contributed by atoms with Gasteiger partial charge in [0.05, 0.1) is 11.4 Å². The molecule has 0 spiro atoms. The summed E-state index contributed by atoms with van der Waals surface area (Å²) in [6, 6.07) is 0. The minimum absolute atomic E-state index is 0. The summed E-state index contributed by atoms with van der Waals surface area (Å²) in [7, 11) is 1.76. The molecule has 0 fully saturated rings. The van der Waals surface area contributed by atoms with Crippen LogP contribution in [0, 0.1) is 6.92 Å². The molecule has 4 nitrogen and oxygen atoms in total. The SMILES string of the molecule is Cc1nn(C)c(N)c1N.Cl.Cl. The van der Waals surface area contributed by atoms with Crippen LogP contribution in [0.1, 0.15) is 5.69 Å². The fourth-order valence-corrected chi connectivity index (χ4v) is 0.692. The average molecular weight is 199 g/mol. The van der Waals surface area contributed by atoms with E-state index in [4.69, 9.17) is 11.5 Å². The van der Waals surface area contributed by atoms with Crippen LogP contribution in [0.25, 0.3) is 0 Å². The molecule has 0 saturated carbocycles. The lowest BCUT2D eigenvalue weighted by Crippen LogP contribution is -1.98. The first-order chi connectivity index (χ1) is 4.13. The van der Waals surface area contributed by atoms with Gasteiger partial charge in [0, 0.05) is 7.05 Å². The number of nitrogen functional groups attached to an aromatic ring is 2. The summed E-state index contributed by atoms with van der Waals surface area (Å²) in [5, 5.41) is 3.98. The third-order valence-electron chi connectivity index (χ3n) is 1.31. The topological polar surface area (TPSA) is 69.9 Å². The van der Waals surface area contributed by atoms with Gasteiger partial charge in [0.2, 0.25) is 0 Å². The number of aryl methyl sites for hydroxylation is 2. The monoisotopic (exact) mass is 198 g/mol. The van der Waals surface area contributed by atoms with Gasteiger partial charge in [0.1, 0.15) is 5.82 Å². The predicted molar refractivity (Wildman–Crippen MR) is 51.3 cm³/mol. The van der Waals surface area contributed by atoms with E-state index in [1.807, 2.05) is 6.92 Å². The van der Waals surface area contributed by atoms with Gasteiger partial charge in [-0.2, -0.15) is 5.10 Å². The van der Waals surface area contributed by atoms with Crippen molar-refractivity contribution < 1.29 is 0 Å². The summed E-state index contributed by atoms with van der Waals surface area (Å²) in [5.41, 5.74) is 12.3. The molecular weight excluding hydrogens is 187 g/mol. The van der Waals surface area contributed by atoms with Gasteiger partial charge >= 0.3 is 0 Å². The largest absolute Gasteiger partial charge is 0.394 e. The number of anilines is 2. The van der Waals surface area contributed by atoms with Gasteiger partial charge < -0.3 is 11.5 Å². The first-order valence-electron chi connectivity index (χ1n) is 2.67. The molecule has 1 aromatic rings. The minimum Gasteiger partial charge on any atom is -0.394 e. The summed E-state index contributed by atoms with van der Waals surface area (Å²) < 4.78 is 1.56. The van der Waals surface area contributed by atoms with Crippen molar-refractivity contribution in [2.24, 2.45) is 7.05 Å². The molecule has 6 heteroatoms. The third-order valence-corrected chi connectivity index (χ3v) is 1.31. The number of nitrogens with two attached hydrogens (primary N) is 2. The molecule has 1 rings (SSSR count). The molecule has 0 radical (unpaired) electrons. The Labute approximate surface area is 77.8 Å². The zero-order valence-electron chi connectivity index (χ0n) is 6.37. The number of nitrogens with zero attached hydrogens (tertiary/aromatic N) is 2. The summed E-state index contributed by atoms with van der Waals surface area (Å²) in [6.45, 7) is 1.83. The molecule has 0 amide bonds. The minimum atomic E-state index is 0. The highest BCUT2D eigenvalue weighted by Gasteiger charge is 2.03. The molecule has 0 aromatic carbocycles. The van der Waals surface area contributed by atoms with Gasteiger partial charge in [-0.05, 0) is 6.92 Å². The Morgan fingerprint density at radius 2 is 1.73 bits per heavy atom. The van der Waals surface area contributed by atoms with Gasteiger partial charge in [0.15, 0.2) is 0 Å². The third kappa shape index (κ3) is 2.17. The second-order valence-corrected chi connectivity index (χ2v) is 2.01. The predicted octanol–water partition coefficient (Wildman–Crippen LogP) is 0.737. The van der Waals surface area contributed by atoms with E-state index < -0.39 is 0 Å². The molecule has 0 aliphatic carbocycles. The number of hydrogen-bond acceptors (Lipinski definition) is 3. The van der Waals surface area contributed by atoms with Crippen molar-refractivity contribution in [3.05, 3.63) is 5.69 Å². The van der Waals surface area contributed by atoms with E-state index in [-0.39, 0.29) is 24.8 Å². The van der Waals surface area contributed by atoms with Crippen molar-refractivity contribution in [3.8, 4) is 0 Å². The van der Waals surface area contributed by atoms with Gasteiger partial charge in [-0.25, -0.2) is 0 Å². The van der Waals surface area contributed by atoms with Gasteiger partial charge in [0.25, 0.3) is 0 Å². The smallest absolute Gasteiger partial charge is 0.145 e. The number of halogens is 2. The number of aromatic nitrogens is 2. The van der Waals surface area contributed by atoms with Gasteiger partial charge in [-0.1, -0.05) is 0 Å². The summed E-state index contributed by atoms with van der Waals surface area (Å²) >= 11 is 0. The van der Waals surface area contributed by atoms with Gasteiger partial charge in [-0.3, -0.25) is 4.68 Å². The lowest BCUT2D eigenvalue weighted by Gasteiger charge is -1.91. The molecule has 0 aliphatic rings. The lowest BCUT2D eigenvalue weighted by atomic mass is 10.4. The second kappa shape index (κ2) is 4.31. The zero-order chi connectivity index (χ0) is 7.02. The van der Waals surface area contributed by atoms with E-state index in [0.717, 1.165) is 5.69 Å². The Balaban J connectivity index is 0. The van der Waals surface area contributed by atoms with E-state index in [1.54, 1.807) is 11.7 Å². The lowest BCUT2D eigenvalue weighted by molar-refractivity contribution is 0.767. The number of rotatable bonds is 0. The quantitative estimate of drug-likeness (QED) is 0.647. The average Bonchev–Trinajstić information content (AvgIpc) is 1.98. The number of hydrogen-bond donors (Lipinski definition) is 2. The van der Waals surface area contributed by atoms with Crippen LogP contribution in [0.4, 0.5) is 11.5 Å². The fraction of sp³-hybridized carbons (Fsp3) is 0.400. The summed E-state index contributed by atoms with van der Waals surface area (Å²) in [6.07, 6.45) is 0. The highest BCUT2D eigenvalue weighted by atomic mass is 35.5. The molecule has 0 unspecified atom stereocenters. The maximum atomic E-state index is 5.49. The summed E-state index contributed by atoms with van der Waals surface area (Å²) in [4.78, 5) is 0. The normalized spacial score (nSPS) is 8.18. The first kappa shape index (κ1) is 13.0. The molecule has 1 aromatic heterocycles. The molecule has 0 bridgehead atoms. The van der Waals surface area contributed by atoms with Gasteiger partial charge in [-0.15, -0.1) is 24.8 Å². The molecular formula is C5H12Cl2N4.